The van der Waals surface area contributed by atoms with Crippen LogP contribution in [-0.2, 0) is 14.6 Å². The molecular weight excluding hydrogens is 376 g/mol. The summed E-state index contributed by atoms with van der Waals surface area (Å²) in [5.74, 6) is 1.04. The van der Waals surface area contributed by atoms with Crippen LogP contribution in [0.4, 0.5) is 5.69 Å². The number of hydrogen-bond acceptors (Lipinski definition) is 6. The molecule has 26 heavy (non-hydrogen) atoms. The Hall–Kier alpha value is -1.74. The number of ether oxygens (including phenoxy) is 2. The highest BCUT2D eigenvalue weighted by Gasteiger charge is 2.49. The van der Waals surface area contributed by atoms with Gasteiger partial charge in [0.25, 0.3) is 5.91 Å². The summed E-state index contributed by atoms with van der Waals surface area (Å²) in [7, 11) is -3.09. The molecule has 2 atom stereocenters. The largest absolute Gasteiger partial charge is 0.486 e. The lowest BCUT2D eigenvalue weighted by Crippen LogP contribution is -2.38. The van der Waals surface area contributed by atoms with E-state index < -0.39 is 9.84 Å². The minimum atomic E-state index is -3.09. The number of anilines is 1. The smallest absolute Gasteiger partial charge is 0.250 e. The lowest BCUT2D eigenvalue weighted by atomic mass is 10.2. The number of amidine groups is 1. The summed E-state index contributed by atoms with van der Waals surface area (Å²) in [4.78, 5) is 18.3. The van der Waals surface area contributed by atoms with Crippen LogP contribution in [0, 0.1) is 5.92 Å². The first-order chi connectivity index (χ1) is 12.3. The van der Waals surface area contributed by atoms with Crippen molar-refractivity contribution < 1.29 is 22.7 Å². The molecule has 0 spiro atoms. The number of aliphatic imine (C=N–C) groups is 1. The maximum Gasteiger partial charge on any atom is 0.250 e. The quantitative estimate of drug-likeness (QED) is 0.752. The van der Waals surface area contributed by atoms with Crippen molar-refractivity contribution in [2.45, 2.75) is 25.1 Å². The summed E-state index contributed by atoms with van der Waals surface area (Å²) in [6.45, 7) is 4.57. The van der Waals surface area contributed by atoms with Gasteiger partial charge < -0.3 is 14.4 Å². The molecule has 140 valence electrons. The Labute approximate surface area is 156 Å². The molecule has 1 aromatic carbocycles. The number of sulfone groups is 1. The summed E-state index contributed by atoms with van der Waals surface area (Å²) in [5, 5.41) is 0.442. The second-order valence-corrected chi connectivity index (χ2v) is 10.2. The number of benzene rings is 1. The van der Waals surface area contributed by atoms with Crippen LogP contribution in [0.25, 0.3) is 0 Å². The highest BCUT2D eigenvalue weighted by molar-refractivity contribution is 8.16. The summed E-state index contributed by atoms with van der Waals surface area (Å²) in [6, 6.07) is 5.27. The minimum Gasteiger partial charge on any atom is -0.486 e. The van der Waals surface area contributed by atoms with Crippen LogP contribution in [0.15, 0.2) is 23.2 Å². The average Bonchev–Trinajstić information content (AvgIpc) is 3.05. The zero-order chi connectivity index (χ0) is 18.5. The van der Waals surface area contributed by atoms with Gasteiger partial charge in [-0.3, -0.25) is 4.79 Å². The molecule has 1 amide bonds. The van der Waals surface area contributed by atoms with Crippen LogP contribution in [0.1, 0.15) is 13.8 Å². The molecule has 4 rings (SSSR count). The van der Waals surface area contributed by atoms with E-state index in [1.54, 1.807) is 13.8 Å². The molecule has 0 aliphatic carbocycles. The Morgan fingerprint density at radius 3 is 2.69 bits per heavy atom. The van der Waals surface area contributed by atoms with Crippen LogP contribution in [0.3, 0.4) is 0 Å². The van der Waals surface area contributed by atoms with E-state index in [9.17, 15) is 13.2 Å². The van der Waals surface area contributed by atoms with E-state index >= 15 is 0 Å². The highest BCUT2D eigenvalue weighted by Crippen LogP contribution is 2.43. The van der Waals surface area contributed by atoms with E-state index in [1.165, 1.54) is 11.8 Å². The fourth-order valence-electron chi connectivity index (χ4n) is 3.27. The number of carbonyl (C=O) groups is 1. The summed E-state index contributed by atoms with van der Waals surface area (Å²) in [5.41, 5.74) is 0.765. The lowest BCUT2D eigenvalue weighted by Gasteiger charge is -2.26. The SMILES string of the molecule is CC(C)C(=O)N=C1SC2CS(=O)(=O)CC2N1c1ccc2c(c1)OCCO2. The van der Waals surface area contributed by atoms with Crippen molar-refractivity contribution in [2.75, 3.05) is 29.6 Å². The van der Waals surface area contributed by atoms with Crippen LogP contribution < -0.4 is 14.4 Å². The van der Waals surface area contributed by atoms with Gasteiger partial charge in [0.2, 0.25) is 0 Å². The Kier molecular flexibility index (Phi) is 4.38. The van der Waals surface area contributed by atoms with E-state index in [-0.39, 0.29) is 34.6 Å². The van der Waals surface area contributed by atoms with Crippen LogP contribution >= 0.6 is 11.8 Å². The number of thioether (sulfide) groups is 1. The third-order valence-electron chi connectivity index (χ3n) is 4.57. The van der Waals surface area contributed by atoms with Crippen molar-refractivity contribution in [3.63, 3.8) is 0 Å². The molecule has 7 nitrogen and oxygen atoms in total. The molecule has 0 saturated carbocycles. The number of carbonyl (C=O) groups excluding carboxylic acids is 1. The number of rotatable bonds is 2. The lowest BCUT2D eigenvalue weighted by molar-refractivity contribution is -0.120. The summed E-state index contributed by atoms with van der Waals surface area (Å²) in [6.07, 6.45) is 0. The van der Waals surface area contributed by atoms with Crippen molar-refractivity contribution in [3.8, 4) is 11.5 Å². The third kappa shape index (κ3) is 3.18. The second kappa shape index (κ2) is 6.45. The van der Waals surface area contributed by atoms with Gasteiger partial charge >= 0.3 is 0 Å². The van der Waals surface area contributed by atoms with E-state index in [0.717, 1.165) is 5.69 Å². The molecule has 0 aromatic heterocycles. The van der Waals surface area contributed by atoms with Gasteiger partial charge in [-0.15, -0.1) is 0 Å². The normalized spacial score (nSPS) is 27.8. The summed E-state index contributed by atoms with van der Waals surface area (Å²) >= 11 is 1.37. The van der Waals surface area contributed by atoms with Crippen LogP contribution in [0.5, 0.6) is 11.5 Å². The number of nitrogens with zero attached hydrogens (tertiary/aromatic N) is 2. The summed E-state index contributed by atoms with van der Waals surface area (Å²) < 4.78 is 35.4. The zero-order valence-electron chi connectivity index (χ0n) is 14.5. The monoisotopic (exact) mass is 396 g/mol. The fourth-order valence-corrected chi connectivity index (χ4v) is 7.19. The molecule has 2 saturated heterocycles. The van der Waals surface area contributed by atoms with Gasteiger partial charge in [-0.1, -0.05) is 25.6 Å². The molecule has 3 aliphatic heterocycles. The van der Waals surface area contributed by atoms with Gasteiger partial charge in [0.05, 0.1) is 17.5 Å². The molecule has 0 radical (unpaired) electrons. The predicted molar refractivity (Wildman–Crippen MR) is 101 cm³/mol. The maximum absolute atomic E-state index is 12.2. The van der Waals surface area contributed by atoms with Crippen molar-refractivity contribution in [1.82, 2.24) is 0 Å². The Morgan fingerprint density at radius 2 is 1.96 bits per heavy atom. The predicted octanol–water partition coefficient (Wildman–Crippen LogP) is 1.72. The van der Waals surface area contributed by atoms with Gasteiger partial charge in [-0.05, 0) is 12.1 Å². The topological polar surface area (TPSA) is 85.3 Å². The van der Waals surface area contributed by atoms with Crippen LogP contribution in [-0.4, -0.2) is 55.5 Å². The number of hydrogen-bond donors (Lipinski definition) is 0. The maximum atomic E-state index is 12.2. The second-order valence-electron chi connectivity index (χ2n) is 6.89. The van der Waals surface area contributed by atoms with Crippen molar-refractivity contribution in [1.29, 1.82) is 0 Å². The van der Waals surface area contributed by atoms with E-state index in [1.807, 2.05) is 23.1 Å². The van der Waals surface area contributed by atoms with Gasteiger partial charge in [-0.2, -0.15) is 4.99 Å². The molecule has 0 N–H and O–H groups in total. The molecule has 2 unspecified atom stereocenters. The Bertz CT molecular complexity index is 881. The molecule has 0 bridgehead atoms. The molecule has 1 aromatic rings. The fraction of sp³-hybridized carbons (Fsp3) is 0.529. The minimum absolute atomic E-state index is 0.0635. The van der Waals surface area contributed by atoms with Gasteiger partial charge in [0.15, 0.2) is 26.5 Å². The van der Waals surface area contributed by atoms with E-state index in [4.69, 9.17) is 9.47 Å². The van der Waals surface area contributed by atoms with Crippen LogP contribution in [0.2, 0.25) is 0 Å². The first-order valence-corrected chi connectivity index (χ1v) is 11.2. The molecular formula is C17H20N2O5S2. The van der Waals surface area contributed by atoms with Crippen molar-refractivity contribution in [3.05, 3.63) is 18.2 Å². The average molecular weight is 396 g/mol. The van der Waals surface area contributed by atoms with Gasteiger partial charge in [0, 0.05) is 22.9 Å². The highest BCUT2D eigenvalue weighted by atomic mass is 32.2. The van der Waals surface area contributed by atoms with Gasteiger partial charge in [0.1, 0.15) is 13.2 Å². The zero-order valence-corrected chi connectivity index (χ0v) is 16.2. The number of fused-ring (bicyclic) bond motifs is 2. The van der Waals surface area contributed by atoms with Crippen molar-refractivity contribution in [2.24, 2.45) is 10.9 Å². The molecule has 3 aliphatic rings. The standard InChI is InChI=1S/C17H20N2O5S2/c1-10(2)16(20)18-17-19(12-8-26(21,22)9-15(12)25-17)11-3-4-13-14(7-11)24-6-5-23-13/h3-4,7,10,12,15H,5-6,8-9H2,1-2H3. The van der Waals surface area contributed by atoms with E-state index in [0.29, 0.717) is 29.9 Å². The molecule has 2 fully saturated rings. The van der Waals surface area contributed by atoms with Crippen molar-refractivity contribution >= 4 is 38.4 Å². The molecule has 3 heterocycles. The Morgan fingerprint density at radius 1 is 1.23 bits per heavy atom. The third-order valence-corrected chi connectivity index (χ3v) is 7.78. The first kappa shape index (κ1) is 17.7. The van der Waals surface area contributed by atoms with Gasteiger partial charge in [-0.25, -0.2) is 8.42 Å². The first-order valence-electron chi connectivity index (χ1n) is 8.52. The Balaban J connectivity index is 1.74. The molecule has 9 heteroatoms. The number of amides is 1. The van der Waals surface area contributed by atoms with E-state index in [2.05, 4.69) is 4.99 Å².